The molecule has 0 fully saturated rings. The van der Waals surface area contributed by atoms with Gasteiger partial charge in [0.2, 0.25) is 5.43 Å². The van der Waals surface area contributed by atoms with Crippen molar-refractivity contribution >= 4 is 44.9 Å². The molecule has 24 heavy (non-hydrogen) atoms. The molecule has 8 heteroatoms. The lowest BCUT2D eigenvalue weighted by atomic mass is 10.2. The molecule has 0 aliphatic carbocycles. The molecule has 3 rings (SSSR count). The van der Waals surface area contributed by atoms with Gasteiger partial charge in [-0.2, -0.15) is 5.10 Å². The molecule has 6 nitrogen and oxygen atoms in total. The summed E-state index contributed by atoms with van der Waals surface area (Å²) in [7, 11) is 0. The number of fused-ring (bicyclic) bond motifs is 1. The lowest BCUT2D eigenvalue weighted by Gasteiger charge is -2.10. The van der Waals surface area contributed by atoms with Crippen molar-refractivity contribution in [1.29, 1.82) is 0 Å². The van der Waals surface area contributed by atoms with E-state index in [0.29, 0.717) is 27.6 Å². The first-order chi connectivity index (χ1) is 11.4. The number of anilines is 1. The minimum absolute atomic E-state index is 0.169. The number of hydrogen-bond donors (Lipinski definition) is 1. The maximum Gasteiger partial charge on any atom is 0.281 e. The molecular formula is C16H15ClN4O2S. The van der Waals surface area contributed by atoms with Crippen molar-refractivity contribution in [2.45, 2.75) is 27.3 Å². The molecule has 0 spiro atoms. The number of nitrogens with one attached hydrogen (secondary N) is 1. The summed E-state index contributed by atoms with van der Waals surface area (Å²) in [6.07, 6.45) is 0. The highest BCUT2D eigenvalue weighted by molar-refractivity contribution is 7.15. The van der Waals surface area contributed by atoms with E-state index in [1.165, 1.54) is 11.3 Å². The third-order valence-electron chi connectivity index (χ3n) is 3.68. The Bertz CT molecular complexity index is 990. The van der Waals surface area contributed by atoms with Crippen LogP contribution in [0.15, 0.2) is 23.0 Å². The monoisotopic (exact) mass is 362 g/mol. The van der Waals surface area contributed by atoms with Crippen LogP contribution in [0.4, 0.5) is 5.13 Å². The first kappa shape index (κ1) is 16.6. The number of rotatable bonds is 3. The lowest BCUT2D eigenvalue weighted by Crippen LogP contribution is -2.27. The molecule has 1 aromatic carbocycles. The fourth-order valence-corrected chi connectivity index (χ4v) is 3.32. The SMILES string of the molecule is CCn1nc(C(=O)Nc2nc(C)c(C)s2)c(=O)c2cc(Cl)ccc21. The van der Waals surface area contributed by atoms with Gasteiger partial charge in [-0.3, -0.25) is 19.6 Å². The average molecular weight is 363 g/mol. The Balaban J connectivity index is 2.09. The van der Waals surface area contributed by atoms with Crippen molar-refractivity contribution < 1.29 is 4.79 Å². The highest BCUT2D eigenvalue weighted by Crippen LogP contribution is 2.22. The molecular weight excluding hydrogens is 348 g/mol. The van der Waals surface area contributed by atoms with Crippen molar-refractivity contribution in [3.05, 3.63) is 49.7 Å². The van der Waals surface area contributed by atoms with E-state index in [1.807, 2.05) is 20.8 Å². The number of aryl methyl sites for hydroxylation is 3. The predicted octanol–water partition coefficient (Wildman–Crippen LogP) is 3.40. The van der Waals surface area contributed by atoms with Gasteiger partial charge in [0.05, 0.1) is 16.6 Å². The molecule has 0 aliphatic heterocycles. The van der Waals surface area contributed by atoms with Crippen LogP contribution in [0.3, 0.4) is 0 Å². The zero-order chi connectivity index (χ0) is 17.4. The molecule has 0 aliphatic rings. The summed E-state index contributed by atoms with van der Waals surface area (Å²) in [5.74, 6) is -0.571. The van der Waals surface area contributed by atoms with Crippen molar-refractivity contribution in [1.82, 2.24) is 14.8 Å². The zero-order valence-electron chi connectivity index (χ0n) is 13.4. The van der Waals surface area contributed by atoms with Crippen LogP contribution in [0, 0.1) is 13.8 Å². The van der Waals surface area contributed by atoms with Gasteiger partial charge in [0.1, 0.15) is 0 Å². The molecule has 0 atom stereocenters. The van der Waals surface area contributed by atoms with Crippen LogP contribution in [-0.4, -0.2) is 20.7 Å². The van der Waals surface area contributed by atoms with E-state index in [-0.39, 0.29) is 5.69 Å². The second kappa shape index (κ2) is 6.33. The summed E-state index contributed by atoms with van der Waals surface area (Å²) in [6, 6.07) is 4.98. The van der Waals surface area contributed by atoms with E-state index in [4.69, 9.17) is 11.6 Å². The van der Waals surface area contributed by atoms with Gasteiger partial charge < -0.3 is 0 Å². The normalized spacial score (nSPS) is 11.0. The van der Waals surface area contributed by atoms with Gasteiger partial charge in [-0.1, -0.05) is 11.6 Å². The van der Waals surface area contributed by atoms with Crippen LogP contribution in [0.25, 0.3) is 10.9 Å². The van der Waals surface area contributed by atoms with Crippen LogP contribution in [-0.2, 0) is 6.54 Å². The number of carbonyl (C=O) groups excluding carboxylic acids is 1. The number of amides is 1. The zero-order valence-corrected chi connectivity index (χ0v) is 15.0. The minimum atomic E-state index is -0.571. The third-order valence-corrected chi connectivity index (χ3v) is 4.90. The van der Waals surface area contributed by atoms with Crippen LogP contribution in [0.1, 0.15) is 28.0 Å². The van der Waals surface area contributed by atoms with Gasteiger partial charge in [0.15, 0.2) is 10.8 Å². The lowest BCUT2D eigenvalue weighted by molar-refractivity contribution is 0.101. The van der Waals surface area contributed by atoms with Gasteiger partial charge in [0.25, 0.3) is 5.91 Å². The molecule has 2 aromatic heterocycles. The van der Waals surface area contributed by atoms with Gasteiger partial charge in [-0.05, 0) is 39.0 Å². The molecule has 3 aromatic rings. The van der Waals surface area contributed by atoms with E-state index in [9.17, 15) is 9.59 Å². The van der Waals surface area contributed by atoms with Gasteiger partial charge in [-0.15, -0.1) is 11.3 Å². The fourth-order valence-electron chi connectivity index (χ4n) is 2.33. The first-order valence-corrected chi connectivity index (χ1v) is 8.56. The Morgan fingerprint density at radius 1 is 1.38 bits per heavy atom. The summed E-state index contributed by atoms with van der Waals surface area (Å²) in [4.78, 5) is 30.4. The maximum absolute atomic E-state index is 12.6. The molecule has 0 radical (unpaired) electrons. The van der Waals surface area contributed by atoms with E-state index in [0.717, 1.165) is 10.6 Å². The molecule has 2 heterocycles. The van der Waals surface area contributed by atoms with Crippen molar-refractivity contribution in [3.8, 4) is 0 Å². The summed E-state index contributed by atoms with van der Waals surface area (Å²) >= 11 is 7.35. The molecule has 0 bridgehead atoms. The number of halogens is 1. The molecule has 0 saturated carbocycles. The average Bonchev–Trinajstić information content (AvgIpc) is 2.85. The highest BCUT2D eigenvalue weighted by Gasteiger charge is 2.19. The predicted molar refractivity (Wildman–Crippen MR) is 96.2 cm³/mol. The number of aromatic nitrogens is 3. The van der Waals surface area contributed by atoms with Gasteiger partial charge >= 0.3 is 0 Å². The highest BCUT2D eigenvalue weighted by atomic mass is 35.5. The standard InChI is InChI=1S/C16H15ClN4O2S/c1-4-21-12-6-5-10(17)7-11(12)14(22)13(20-21)15(23)19-16-18-8(2)9(3)24-16/h5-7H,4H2,1-3H3,(H,18,19,23). The van der Waals surface area contributed by atoms with Crippen LogP contribution < -0.4 is 10.7 Å². The Hall–Kier alpha value is -2.25. The number of nitrogens with zero attached hydrogens (tertiary/aromatic N) is 3. The molecule has 124 valence electrons. The molecule has 0 saturated heterocycles. The van der Waals surface area contributed by atoms with E-state index in [2.05, 4.69) is 15.4 Å². The number of hydrogen-bond acceptors (Lipinski definition) is 5. The van der Waals surface area contributed by atoms with Crippen LogP contribution in [0.5, 0.6) is 0 Å². The second-order valence-corrected chi connectivity index (χ2v) is 6.91. The Morgan fingerprint density at radius 2 is 2.12 bits per heavy atom. The third kappa shape index (κ3) is 2.92. The van der Waals surface area contributed by atoms with E-state index in [1.54, 1.807) is 22.9 Å². The largest absolute Gasteiger partial charge is 0.296 e. The number of thiazole rings is 1. The van der Waals surface area contributed by atoms with Gasteiger partial charge in [-0.25, -0.2) is 4.98 Å². The fraction of sp³-hybridized carbons (Fsp3) is 0.250. The van der Waals surface area contributed by atoms with Crippen LogP contribution >= 0.6 is 22.9 Å². The van der Waals surface area contributed by atoms with Crippen LogP contribution in [0.2, 0.25) is 5.02 Å². The summed E-state index contributed by atoms with van der Waals surface area (Å²) in [6.45, 7) is 6.19. The van der Waals surface area contributed by atoms with Gasteiger partial charge in [0, 0.05) is 16.4 Å². The summed E-state index contributed by atoms with van der Waals surface area (Å²) in [5.41, 5.74) is 0.876. The minimum Gasteiger partial charge on any atom is -0.296 e. The quantitative estimate of drug-likeness (QED) is 0.774. The molecule has 1 N–H and O–H groups in total. The Morgan fingerprint density at radius 3 is 2.75 bits per heavy atom. The van der Waals surface area contributed by atoms with E-state index >= 15 is 0 Å². The van der Waals surface area contributed by atoms with Crippen molar-refractivity contribution in [2.75, 3.05) is 5.32 Å². The summed E-state index contributed by atoms with van der Waals surface area (Å²) < 4.78 is 1.61. The smallest absolute Gasteiger partial charge is 0.281 e. The number of benzene rings is 1. The van der Waals surface area contributed by atoms with E-state index < -0.39 is 11.3 Å². The maximum atomic E-state index is 12.6. The summed E-state index contributed by atoms with van der Waals surface area (Å²) in [5, 5.41) is 8.11. The van der Waals surface area contributed by atoms with Crippen molar-refractivity contribution in [3.63, 3.8) is 0 Å². The molecule has 0 unspecified atom stereocenters. The Kier molecular flexibility index (Phi) is 4.38. The topological polar surface area (TPSA) is 76.9 Å². The van der Waals surface area contributed by atoms with Crippen molar-refractivity contribution in [2.24, 2.45) is 0 Å². The number of carbonyl (C=O) groups is 1. The first-order valence-electron chi connectivity index (χ1n) is 7.36. The Labute approximate surface area is 147 Å². The molecule has 1 amide bonds. The second-order valence-electron chi connectivity index (χ2n) is 5.27.